The predicted octanol–water partition coefficient (Wildman–Crippen LogP) is 2.40. The normalized spacial score (nSPS) is 22.1. The van der Waals surface area contributed by atoms with Crippen LogP contribution in [0, 0.1) is 11.8 Å². The van der Waals surface area contributed by atoms with Gasteiger partial charge in [-0.1, -0.05) is 6.92 Å². The molecule has 0 spiro atoms. The maximum Gasteiger partial charge on any atom is 0.303 e. The summed E-state index contributed by atoms with van der Waals surface area (Å²) in [5.41, 5.74) is 1.28. The van der Waals surface area contributed by atoms with Crippen LogP contribution < -0.4 is 0 Å². The monoisotopic (exact) mass is 262 g/mol. The average molecular weight is 262 g/mol. The molecule has 0 aromatic carbocycles. The highest BCUT2D eigenvalue weighted by atomic mass is 16.4. The number of piperidine rings is 1. The summed E-state index contributed by atoms with van der Waals surface area (Å²) in [7, 11) is 0. The van der Waals surface area contributed by atoms with E-state index in [1.807, 2.05) is 24.5 Å². The van der Waals surface area contributed by atoms with Crippen LogP contribution in [-0.4, -0.2) is 34.0 Å². The number of carboxylic acid groups (broad SMARTS) is 1. The van der Waals surface area contributed by atoms with E-state index in [9.17, 15) is 4.79 Å². The van der Waals surface area contributed by atoms with E-state index in [-0.39, 0.29) is 12.3 Å². The fourth-order valence-electron chi connectivity index (χ4n) is 2.89. The molecule has 0 saturated carbocycles. The van der Waals surface area contributed by atoms with Gasteiger partial charge in [-0.2, -0.15) is 0 Å². The van der Waals surface area contributed by atoms with Crippen molar-refractivity contribution in [2.45, 2.75) is 32.7 Å². The zero-order valence-corrected chi connectivity index (χ0v) is 11.5. The van der Waals surface area contributed by atoms with Gasteiger partial charge < -0.3 is 5.11 Å². The number of carboxylic acids is 1. The lowest BCUT2D eigenvalue weighted by molar-refractivity contribution is -0.138. The van der Waals surface area contributed by atoms with Crippen LogP contribution in [0.4, 0.5) is 0 Å². The van der Waals surface area contributed by atoms with Crippen molar-refractivity contribution in [3.8, 4) is 0 Å². The van der Waals surface area contributed by atoms with Crippen molar-refractivity contribution in [2.75, 3.05) is 13.1 Å². The highest BCUT2D eigenvalue weighted by Crippen LogP contribution is 2.26. The Morgan fingerprint density at radius 2 is 2.26 bits per heavy atom. The van der Waals surface area contributed by atoms with Crippen molar-refractivity contribution in [3.63, 3.8) is 0 Å². The van der Waals surface area contributed by atoms with E-state index in [0.29, 0.717) is 5.92 Å². The standard InChI is InChI=1S/C15H22N2O2/c1-12(9-15(18)19)14-3-2-8-17(11-14)10-13-4-6-16-7-5-13/h4-7,12,14H,2-3,8-11H2,1H3,(H,18,19). The van der Waals surface area contributed by atoms with Gasteiger partial charge in [0.15, 0.2) is 0 Å². The van der Waals surface area contributed by atoms with E-state index in [4.69, 9.17) is 5.11 Å². The predicted molar refractivity (Wildman–Crippen MR) is 73.7 cm³/mol. The minimum Gasteiger partial charge on any atom is -0.481 e. The quantitative estimate of drug-likeness (QED) is 0.885. The van der Waals surface area contributed by atoms with Gasteiger partial charge in [-0.15, -0.1) is 0 Å². The Balaban J connectivity index is 1.88. The third kappa shape index (κ3) is 4.31. The molecule has 104 valence electrons. The molecule has 0 amide bonds. The summed E-state index contributed by atoms with van der Waals surface area (Å²) < 4.78 is 0. The van der Waals surface area contributed by atoms with Crippen LogP contribution in [0.1, 0.15) is 31.7 Å². The minimum atomic E-state index is -0.682. The van der Waals surface area contributed by atoms with Gasteiger partial charge in [0.05, 0.1) is 0 Å². The molecule has 2 unspecified atom stereocenters. The first-order valence-electron chi connectivity index (χ1n) is 6.98. The molecule has 1 aromatic heterocycles. The summed E-state index contributed by atoms with van der Waals surface area (Å²) in [6, 6.07) is 4.09. The number of hydrogen-bond acceptors (Lipinski definition) is 3. The van der Waals surface area contributed by atoms with E-state index in [1.165, 1.54) is 12.0 Å². The topological polar surface area (TPSA) is 53.4 Å². The highest BCUT2D eigenvalue weighted by Gasteiger charge is 2.25. The van der Waals surface area contributed by atoms with E-state index < -0.39 is 5.97 Å². The summed E-state index contributed by atoms with van der Waals surface area (Å²) in [4.78, 5) is 17.3. The molecule has 2 rings (SSSR count). The van der Waals surface area contributed by atoms with Gasteiger partial charge in [0, 0.05) is 31.9 Å². The molecule has 4 nitrogen and oxygen atoms in total. The van der Waals surface area contributed by atoms with Crippen molar-refractivity contribution in [1.29, 1.82) is 0 Å². The molecule has 1 aliphatic rings. The van der Waals surface area contributed by atoms with E-state index in [2.05, 4.69) is 16.8 Å². The summed E-state index contributed by atoms with van der Waals surface area (Å²) in [6.45, 7) is 5.13. The lowest BCUT2D eigenvalue weighted by Gasteiger charge is -2.35. The Morgan fingerprint density at radius 3 is 2.95 bits per heavy atom. The number of rotatable bonds is 5. The summed E-state index contributed by atoms with van der Waals surface area (Å²) in [5, 5.41) is 8.90. The van der Waals surface area contributed by atoms with Gasteiger partial charge in [-0.25, -0.2) is 0 Å². The molecule has 1 fully saturated rings. The fraction of sp³-hybridized carbons (Fsp3) is 0.600. The van der Waals surface area contributed by atoms with Crippen LogP contribution in [0.3, 0.4) is 0 Å². The third-order valence-electron chi connectivity index (χ3n) is 4.00. The average Bonchev–Trinajstić information content (AvgIpc) is 2.39. The van der Waals surface area contributed by atoms with Gasteiger partial charge in [0.2, 0.25) is 0 Å². The van der Waals surface area contributed by atoms with Crippen LogP contribution in [-0.2, 0) is 11.3 Å². The number of likely N-dealkylation sites (tertiary alicyclic amines) is 1. The number of pyridine rings is 1. The number of aliphatic carboxylic acids is 1. The van der Waals surface area contributed by atoms with Crippen LogP contribution in [0.2, 0.25) is 0 Å². The summed E-state index contributed by atoms with van der Waals surface area (Å²) >= 11 is 0. The molecule has 1 saturated heterocycles. The number of hydrogen-bond donors (Lipinski definition) is 1. The molecule has 4 heteroatoms. The smallest absolute Gasteiger partial charge is 0.303 e. The van der Waals surface area contributed by atoms with E-state index >= 15 is 0 Å². The zero-order chi connectivity index (χ0) is 13.7. The molecular weight excluding hydrogens is 240 g/mol. The van der Waals surface area contributed by atoms with Gasteiger partial charge in [-0.3, -0.25) is 14.7 Å². The van der Waals surface area contributed by atoms with Crippen molar-refractivity contribution in [3.05, 3.63) is 30.1 Å². The van der Waals surface area contributed by atoms with Gasteiger partial charge in [-0.05, 0) is 48.9 Å². The Kier molecular flexibility index (Phi) is 4.91. The lowest BCUT2D eigenvalue weighted by Crippen LogP contribution is -2.37. The fourth-order valence-corrected chi connectivity index (χ4v) is 2.89. The molecule has 2 atom stereocenters. The van der Waals surface area contributed by atoms with Crippen LogP contribution in [0.15, 0.2) is 24.5 Å². The first-order chi connectivity index (χ1) is 9.15. The molecule has 1 aromatic rings. The third-order valence-corrected chi connectivity index (χ3v) is 4.00. The SMILES string of the molecule is CC(CC(=O)O)C1CCCN(Cc2ccncc2)C1. The zero-order valence-electron chi connectivity index (χ0n) is 11.5. The second-order valence-corrected chi connectivity index (χ2v) is 5.57. The second kappa shape index (κ2) is 6.66. The van der Waals surface area contributed by atoms with Crippen LogP contribution in [0.25, 0.3) is 0 Å². The maximum atomic E-state index is 10.8. The molecule has 19 heavy (non-hydrogen) atoms. The molecule has 0 aliphatic carbocycles. The molecule has 1 aliphatic heterocycles. The first kappa shape index (κ1) is 14.0. The van der Waals surface area contributed by atoms with Crippen molar-refractivity contribution >= 4 is 5.97 Å². The molecule has 0 radical (unpaired) electrons. The summed E-state index contributed by atoms with van der Waals surface area (Å²) in [6.07, 6.45) is 6.25. The molecular formula is C15H22N2O2. The minimum absolute atomic E-state index is 0.262. The maximum absolute atomic E-state index is 10.8. The molecule has 2 heterocycles. The van der Waals surface area contributed by atoms with Crippen molar-refractivity contribution in [2.24, 2.45) is 11.8 Å². The second-order valence-electron chi connectivity index (χ2n) is 5.57. The molecule has 1 N–H and O–H groups in total. The Labute approximate surface area is 114 Å². The van der Waals surface area contributed by atoms with Crippen molar-refractivity contribution in [1.82, 2.24) is 9.88 Å². The van der Waals surface area contributed by atoms with Crippen LogP contribution in [0.5, 0.6) is 0 Å². The lowest BCUT2D eigenvalue weighted by atomic mass is 9.84. The Bertz CT molecular complexity index is 408. The van der Waals surface area contributed by atoms with Gasteiger partial charge in [0.25, 0.3) is 0 Å². The Morgan fingerprint density at radius 1 is 1.53 bits per heavy atom. The van der Waals surface area contributed by atoms with E-state index in [0.717, 1.165) is 26.1 Å². The number of nitrogens with zero attached hydrogens (tertiary/aromatic N) is 2. The highest BCUT2D eigenvalue weighted by molar-refractivity contribution is 5.67. The van der Waals surface area contributed by atoms with E-state index in [1.54, 1.807) is 0 Å². The Hall–Kier alpha value is -1.42. The van der Waals surface area contributed by atoms with Gasteiger partial charge in [0.1, 0.15) is 0 Å². The molecule has 0 bridgehead atoms. The number of carbonyl (C=O) groups is 1. The summed E-state index contributed by atoms with van der Waals surface area (Å²) in [5.74, 6) is 0.0863. The largest absolute Gasteiger partial charge is 0.481 e. The van der Waals surface area contributed by atoms with Crippen LogP contribution >= 0.6 is 0 Å². The first-order valence-corrected chi connectivity index (χ1v) is 6.98. The van der Waals surface area contributed by atoms with Crippen molar-refractivity contribution < 1.29 is 9.90 Å². The van der Waals surface area contributed by atoms with Gasteiger partial charge >= 0.3 is 5.97 Å². The number of aromatic nitrogens is 1.